The van der Waals surface area contributed by atoms with Gasteiger partial charge in [0.25, 0.3) is 5.91 Å². The van der Waals surface area contributed by atoms with E-state index in [1.54, 1.807) is 42.5 Å². The fourth-order valence-corrected chi connectivity index (χ4v) is 3.91. The van der Waals surface area contributed by atoms with Crippen LogP contribution in [0.1, 0.15) is 22.3 Å². The molecule has 1 aromatic heterocycles. The number of anilines is 2. The maximum atomic E-state index is 13.5. The fraction of sp³-hybridized carbons (Fsp3) is 0.269. The SMILES string of the molecule is COc1ccc(CCC(=O)N2CCN(C(=O)c3cccnc3Nc3cccc(F)c3)CC2)cc1. The largest absolute Gasteiger partial charge is 0.497 e. The lowest BCUT2D eigenvalue weighted by atomic mass is 10.1. The smallest absolute Gasteiger partial charge is 0.257 e. The molecule has 0 unspecified atom stereocenters. The van der Waals surface area contributed by atoms with Crippen LogP contribution in [0.25, 0.3) is 0 Å². The molecule has 0 saturated carbocycles. The number of nitrogens with one attached hydrogen (secondary N) is 1. The Kier molecular flexibility index (Phi) is 7.37. The lowest BCUT2D eigenvalue weighted by Gasteiger charge is -2.35. The van der Waals surface area contributed by atoms with Crippen molar-refractivity contribution in [2.24, 2.45) is 0 Å². The minimum absolute atomic E-state index is 0.0813. The zero-order valence-electron chi connectivity index (χ0n) is 19.0. The molecule has 176 valence electrons. The Labute approximate surface area is 198 Å². The van der Waals surface area contributed by atoms with Crippen LogP contribution in [-0.2, 0) is 11.2 Å². The Morgan fingerprint density at radius 2 is 1.74 bits per heavy atom. The Balaban J connectivity index is 1.32. The number of carbonyl (C=O) groups excluding carboxylic acids is 2. The number of piperazine rings is 1. The Morgan fingerprint density at radius 1 is 1.00 bits per heavy atom. The van der Waals surface area contributed by atoms with Gasteiger partial charge < -0.3 is 19.9 Å². The van der Waals surface area contributed by atoms with E-state index in [0.717, 1.165) is 11.3 Å². The third kappa shape index (κ3) is 5.70. The second kappa shape index (κ2) is 10.8. The highest BCUT2D eigenvalue weighted by Gasteiger charge is 2.26. The number of aryl methyl sites for hydroxylation is 1. The molecule has 8 heteroatoms. The van der Waals surface area contributed by atoms with E-state index in [1.165, 1.54) is 12.1 Å². The molecular formula is C26H27FN4O3. The summed E-state index contributed by atoms with van der Waals surface area (Å²) in [5.74, 6) is 0.701. The van der Waals surface area contributed by atoms with Crippen molar-refractivity contribution < 1.29 is 18.7 Å². The summed E-state index contributed by atoms with van der Waals surface area (Å²) in [4.78, 5) is 33.7. The Morgan fingerprint density at radius 3 is 2.44 bits per heavy atom. The van der Waals surface area contributed by atoms with Crippen molar-refractivity contribution in [1.29, 1.82) is 0 Å². The van der Waals surface area contributed by atoms with Gasteiger partial charge in [0.1, 0.15) is 17.4 Å². The molecule has 0 bridgehead atoms. The lowest BCUT2D eigenvalue weighted by molar-refractivity contribution is -0.132. The molecule has 1 aliphatic rings. The molecule has 3 aromatic rings. The number of nitrogens with zero attached hydrogens (tertiary/aromatic N) is 3. The van der Waals surface area contributed by atoms with Crippen LogP contribution < -0.4 is 10.1 Å². The number of hydrogen-bond donors (Lipinski definition) is 1. The van der Waals surface area contributed by atoms with Crippen LogP contribution in [0, 0.1) is 5.82 Å². The lowest BCUT2D eigenvalue weighted by Crippen LogP contribution is -2.50. The van der Waals surface area contributed by atoms with Crippen molar-refractivity contribution >= 4 is 23.3 Å². The molecule has 1 aliphatic heterocycles. The number of ether oxygens (including phenoxy) is 1. The standard InChI is InChI=1S/C26H27FN4O3/c1-34-22-10-7-19(8-11-22)9-12-24(32)30-14-16-31(17-15-30)26(33)23-6-3-13-28-25(23)29-21-5-2-4-20(27)18-21/h2-8,10-11,13,18H,9,12,14-17H2,1H3,(H,28,29). The zero-order chi connectivity index (χ0) is 23.9. The fourth-order valence-electron chi connectivity index (χ4n) is 3.91. The summed E-state index contributed by atoms with van der Waals surface area (Å²) >= 11 is 0. The molecule has 1 saturated heterocycles. The average Bonchev–Trinajstić information content (AvgIpc) is 2.87. The maximum Gasteiger partial charge on any atom is 0.257 e. The van der Waals surface area contributed by atoms with Gasteiger partial charge in [0.2, 0.25) is 5.91 Å². The third-order valence-corrected chi connectivity index (χ3v) is 5.83. The summed E-state index contributed by atoms with van der Waals surface area (Å²) in [5, 5.41) is 3.03. The topological polar surface area (TPSA) is 74.8 Å². The number of hydrogen-bond acceptors (Lipinski definition) is 5. The zero-order valence-corrected chi connectivity index (χ0v) is 19.0. The molecule has 2 amide bonds. The van der Waals surface area contributed by atoms with Gasteiger partial charge in [0, 0.05) is 44.5 Å². The van der Waals surface area contributed by atoms with E-state index >= 15 is 0 Å². The number of methoxy groups -OCH3 is 1. The summed E-state index contributed by atoms with van der Waals surface area (Å²) in [6.07, 6.45) is 2.66. The van der Waals surface area contributed by atoms with E-state index < -0.39 is 0 Å². The number of halogens is 1. The molecule has 4 rings (SSSR count). The van der Waals surface area contributed by atoms with E-state index in [-0.39, 0.29) is 17.6 Å². The third-order valence-electron chi connectivity index (χ3n) is 5.83. The van der Waals surface area contributed by atoms with Crippen LogP contribution in [0.4, 0.5) is 15.9 Å². The highest BCUT2D eigenvalue weighted by atomic mass is 19.1. The highest BCUT2D eigenvalue weighted by molar-refractivity contribution is 5.99. The van der Waals surface area contributed by atoms with Crippen LogP contribution in [0.2, 0.25) is 0 Å². The predicted octanol–water partition coefficient (Wildman–Crippen LogP) is 3.89. The van der Waals surface area contributed by atoms with Gasteiger partial charge in [-0.1, -0.05) is 18.2 Å². The predicted molar refractivity (Wildman–Crippen MR) is 128 cm³/mol. The van der Waals surface area contributed by atoms with Gasteiger partial charge >= 0.3 is 0 Å². The first kappa shape index (κ1) is 23.2. The molecule has 1 fully saturated rings. The summed E-state index contributed by atoms with van der Waals surface area (Å²) in [6, 6.07) is 17.1. The van der Waals surface area contributed by atoms with Crippen LogP contribution in [-0.4, -0.2) is 59.9 Å². The van der Waals surface area contributed by atoms with Gasteiger partial charge in [0.05, 0.1) is 12.7 Å². The van der Waals surface area contributed by atoms with Crippen LogP contribution >= 0.6 is 0 Å². The molecule has 0 radical (unpaired) electrons. The summed E-state index contributed by atoms with van der Waals surface area (Å²) in [5.41, 5.74) is 2.00. The number of carbonyl (C=O) groups is 2. The summed E-state index contributed by atoms with van der Waals surface area (Å²) in [6.45, 7) is 1.86. The summed E-state index contributed by atoms with van der Waals surface area (Å²) < 4.78 is 18.7. The molecule has 1 N–H and O–H groups in total. The minimum atomic E-state index is -0.374. The summed E-state index contributed by atoms with van der Waals surface area (Å²) in [7, 11) is 1.62. The van der Waals surface area contributed by atoms with Crippen LogP contribution in [0.15, 0.2) is 66.9 Å². The first-order valence-electron chi connectivity index (χ1n) is 11.2. The van der Waals surface area contributed by atoms with Crippen molar-refractivity contribution in [2.75, 3.05) is 38.6 Å². The van der Waals surface area contributed by atoms with Gasteiger partial charge in [-0.25, -0.2) is 9.37 Å². The second-order valence-corrected chi connectivity index (χ2v) is 8.06. The minimum Gasteiger partial charge on any atom is -0.497 e. The Bertz CT molecular complexity index is 1140. The first-order chi connectivity index (χ1) is 16.5. The average molecular weight is 463 g/mol. The van der Waals surface area contributed by atoms with E-state index in [4.69, 9.17) is 4.74 Å². The monoisotopic (exact) mass is 462 g/mol. The molecule has 0 atom stereocenters. The van der Waals surface area contributed by atoms with Gasteiger partial charge in [-0.3, -0.25) is 9.59 Å². The van der Waals surface area contributed by atoms with Crippen molar-refractivity contribution in [1.82, 2.24) is 14.8 Å². The number of amides is 2. The molecule has 0 spiro atoms. The van der Waals surface area contributed by atoms with Gasteiger partial charge in [0.15, 0.2) is 0 Å². The van der Waals surface area contributed by atoms with Crippen LogP contribution in [0.3, 0.4) is 0 Å². The number of pyridine rings is 1. The van der Waals surface area contributed by atoms with E-state index in [0.29, 0.717) is 56.1 Å². The van der Waals surface area contributed by atoms with Gasteiger partial charge in [-0.15, -0.1) is 0 Å². The number of rotatable bonds is 7. The van der Waals surface area contributed by atoms with E-state index in [1.807, 2.05) is 29.2 Å². The Hall–Kier alpha value is -3.94. The van der Waals surface area contributed by atoms with Crippen LogP contribution in [0.5, 0.6) is 5.75 Å². The van der Waals surface area contributed by atoms with Gasteiger partial charge in [-0.05, 0) is 54.4 Å². The first-order valence-corrected chi connectivity index (χ1v) is 11.2. The molecular weight excluding hydrogens is 435 g/mol. The molecule has 0 aliphatic carbocycles. The number of aromatic nitrogens is 1. The van der Waals surface area contributed by atoms with E-state index in [9.17, 15) is 14.0 Å². The highest BCUT2D eigenvalue weighted by Crippen LogP contribution is 2.21. The maximum absolute atomic E-state index is 13.5. The number of benzene rings is 2. The van der Waals surface area contributed by atoms with Crippen molar-refractivity contribution in [3.63, 3.8) is 0 Å². The molecule has 2 heterocycles. The van der Waals surface area contributed by atoms with Crippen molar-refractivity contribution in [3.8, 4) is 5.75 Å². The van der Waals surface area contributed by atoms with Crippen molar-refractivity contribution in [2.45, 2.75) is 12.8 Å². The molecule has 2 aromatic carbocycles. The quantitative estimate of drug-likeness (QED) is 0.577. The molecule has 7 nitrogen and oxygen atoms in total. The normalized spacial score (nSPS) is 13.5. The van der Waals surface area contributed by atoms with E-state index in [2.05, 4.69) is 10.3 Å². The second-order valence-electron chi connectivity index (χ2n) is 8.06. The molecule has 34 heavy (non-hydrogen) atoms. The van der Waals surface area contributed by atoms with Crippen molar-refractivity contribution in [3.05, 3.63) is 83.8 Å². The van der Waals surface area contributed by atoms with Gasteiger partial charge in [-0.2, -0.15) is 0 Å².